The molecule has 4 saturated carbocycles. The van der Waals surface area contributed by atoms with E-state index in [-0.39, 0.29) is 18.5 Å². The van der Waals surface area contributed by atoms with Crippen LogP contribution in [0.5, 0.6) is 0 Å². The average Bonchev–Trinajstić information content (AvgIpc) is 2.71. The molecule has 4 atom stereocenters. The summed E-state index contributed by atoms with van der Waals surface area (Å²) in [6, 6.07) is 10.5. The van der Waals surface area contributed by atoms with Crippen LogP contribution in [0.15, 0.2) is 30.3 Å². The lowest BCUT2D eigenvalue weighted by atomic mass is 9.48. The Morgan fingerprint density at radius 2 is 1.70 bits per heavy atom. The van der Waals surface area contributed by atoms with Crippen LogP contribution in [0.3, 0.4) is 0 Å². The molecule has 0 radical (unpaired) electrons. The quantitative estimate of drug-likeness (QED) is 0.755. The van der Waals surface area contributed by atoms with Gasteiger partial charge in [-0.2, -0.15) is 0 Å². The van der Waals surface area contributed by atoms with Gasteiger partial charge in [-0.05, 0) is 81.1 Å². The number of ether oxygens (including phenoxy) is 1. The number of carbonyl (C=O) groups excluding carboxylic acids is 2. The first-order valence-electron chi connectivity index (χ1n) is 11.6. The number of esters is 1. The van der Waals surface area contributed by atoms with Crippen molar-refractivity contribution < 1.29 is 19.4 Å². The lowest BCUT2D eigenvalue weighted by molar-refractivity contribution is -0.197. The Morgan fingerprint density at radius 1 is 1.03 bits per heavy atom. The minimum Gasteiger partial charge on any atom is -0.455 e. The molecule has 1 amide bonds. The second kappa shape index (κ2) is 7.67. The largest absolute Gasteiger partial charge is 0.455 e. The van der Waals surface area contributed by atoms with Crippen molar-refractivity contribution in [1.82, 2.24) is 4.90 Å². The van der Waals surface area contributed by atoms with E-state index in [4.69, 9.17) is 4.74 Å². The van der Waals surface area contributed by atoms with Crippen molar-refractivity contribution in [2.24, 2.45) is 23.2 Å². The van der Waals surface area contributed by atoms with Crippen LogP contribution in [0.2, 0.25) is 0 Å². The molecular weight excluding hydrogens is 378 g/mol. The zero-order valence-electron chi connectivity index (χ0n) is 17.7. The molecule has 1 N–H and O–H groups in total. The smallest absolute Gasteiger partial charge is 0.312 e. The Kier molecular flexibility index (Phi) is 5.12. The standard InChI is InChI=1S/C25H33NO4/c27-22(26-8-6-19(7-9-26)10-18-4-2-1-3-5-18)16-30-23(28)24-12-20-11-21(13-24)15-25(29,14-20)17-24/h1-5,19-21,29H,6-17H2/t20-,21+,24?,25?. The molecule has 5 nitrogen and oxygen atoms in total. The average molecular weight is 412 g/mol. The number of hydrogen-bond donors (Lipinski definition) is 1. The number of hydrogen-bond acceptors (Lipinski definition) is 4. The third-order valence-electron chi connectivity index (χ3n) is 8.12. The molecule has 5 fully saturated rings. The van der Waals surface area contributed by atoms with E-state index in [2.05, 4.69) is 24.3 Å². The molecule has 1 aliphatic heterocycles. The van der Waals surface area contributed by atoms with Crippen LogP contribution in [0.1, 0.15) is 56.9 Å². The molecule has 4 aliphatic carbocycles. The van der Waals surface area contributed by atoms with E-state index in [9.17, 15) is 14.7 Å². The van der Waals surface area contributed by atoms with Gasteiger partial charge in [0.05, 0.1) is 11.0 Å². The fourth-order valence-corrected chi connectivity index (χ4v) is 7.16. The summed E-state index contributed by atoms with van der Waals surface area (Å²) in [5.41, 5.74) is 0.114. The molecule has 5 aliphatic rings. The summed E-state index contributed by atoms with van der Waals surface area (Å²) in [6.07, 6.45) is 8.01. The second-order valence-corrected chi connectivity index (χ2v) is 10.6. The Labute approximate surface area is 178 Å². The van der Waals surface area contributed by atoms with E-state index in [1.807, 2.05) is 11.0 Å². The van der Waals surface area contributed by atoms with E-state index in [0.29, 0.717) is 24.2 Å². The second-order valence-electron chi connectivity index (χ2n) is 10.6. The third kappa shape index (κ3) is 3.89. The molecule has 162 valence electrons. The highest BCUT2D eigenvalue weighted by atomic mass is 16.5. The van der Waals surface area contributed by atoms with E-state index in [1.165, 1.54) is 5.56 Å². The predicted octanol–water partition coefficient (Wildman–Crippen LogP) is 3.34. The highest BCUT2D eigenvalue weighted by Gasteiger charge is 2.60. The van der Waals surface area contributed by atoms with Crippen LogP contribution in [-0.4, -0.2) is 47.2 Å². The van der Waals surface area contributed by atoms with Gasteiger partial charge in [0.15, 0.2) is 6.61 Å². The number of aliphatic hydroxyl groups is 1. The van der Waals surface area contributed by atoms with Crippen molar-refractivity contribution in [2.75, 3.05) is 19.7 Å². The molecule has 2 unspecified atom stereocenters. The fraction of sp³-hybridized carbons (Fsp3) is 0.680. The van der Waals surface area contributed by atoms with Gasteiger partial charge in [0.2, 0.25) is 0 Å². The summed E-state index contributed by atoms with van der Waals surface area (Å²) in [7, 11) is 0. The number of rotatable bonds is 5. The van der Waals surface area contributed by atoms with Gasteiger partial charge in [-0.3, -0.25) is 9.59 Å². The number of benzene rings is 1. The maximum absolute atomic E-state index is 13.0. The van der Waals surface area contributed by atoms with Gasteiger partial charge in [0.25, 0.3) is 5.91 Å². The summed E-state index contributed by atoms with van der Waals surface area (Å²) in [5.74, 6) is 1.14. The number of nitrogens with zero attached hydrogens (tertiary/aromatic N) is 1. The monoisotopic (exact) mass is 411 g/mol. The van der Waals surface area contributed by atoms with Crippen molar-refractivity contribution in [3.05, 3.63) is 35.9 Å². The molecule has 6 rings (SSSR count). The Bertz CT molecular complexity index is 785. The van der Waals surface area contributed by atoms with Crippen LogP contribution in [0.4, 0.5) is 0 Å². The first-order valence-corrected chi connectivity index (χ1v) is 11.6. The Morgan fingerprint density at radius 3 is 2.33 bits per heavy atom. The van der Waals surface area contributed by atoms with Crippen LogP contribution >= 0.6 is 0 Å². The maximum atomic E-state index is 13.0. The lowest BCUT2D eigenvalue weighted by Gasteiger charge is -2.58. The summed E-state index contributed by atoms with van der Waals surface area (Å²) >= 11 is 0. The van der Waals surface area contributed by atoms with E-state index in [0.717, 1.165) is 64.5 Å². The minimum absolute atomic E-state index is 0.0787. The van der Waals surface area contributed by atoms with Gasteiger partial charge >= 0.3 is 5.97 Å². The summed E-state index contributed by atoms with van der Waals surface area (Å²) in [5, 5.41) is 10.8. The summed E-state index contributed by atoms with van der Waals surface area (Å²) in [6.45, 7) is 1.32. The number of likely N-dealkylation sites (tertiary alicyclic amines) is 1. The van der Waals surface area contributed by atoms with Crippen LogP contribution in [0.25, 0.3) is 0 Å². The van der Waals surface area contributed by atoms with Gasteiger partial charge in [0.1, 0.15) is 0 Å². The molecule has 30 heavy (non-hydrogen) atoms. The molecule has 4 bridgehead atoms. The third-order valence-corrected chi connectivity index (χ3v) is 8.12. The number of amides is 1. The van der Waals surface area contributed by atoms with Gasteiger partial charge < -0.3 is 14.7 Å². The molecular formula is C25H33NO4. The molecule has 0 spiro atoms. The van der Waals surface area contributed by atoms with Gasteiger partial charge in [-0.15, -0.1) is 0 Å². The molecule has 1 aromatic carbocycles. The highest BCUT2D eigenvalue weighted by Crippen LogP contribution is 2.61. The predicted molar refractivity (Wildman–Crippen MR) is 112 cm³/mol. The topological polar surface area (TPSA) is 66.8 Å². The normalized spacial score (nSPS) is 35.4. The lowest BCUT2D eigenvalue weighted by Crippen LogP contribution is -2.58. The summed E-state index contributed by atoms with van der Waals surface area (Å²) < 4.78 is 5.57. The van der Waals surface area contributed by atoms with Gasteiger partial charge in [-0.1, -0.05) is 30.3 Å². The summed E-state index contributed by atoms with van der Waals surface area (Å²) in [4.78, 5) is 27.5. The van der Waals surface area contributed by atoms with E-state index < -0.39 is 11.0 Å². The molecule has 1 aromatic rings. The zero-order valence-corrected chi connectivity index (χ0v) is 17.7. The van der Waals surface area contributed by atoms with Crippen LogP contribution < -0.4 is 0 Å². The fourth-order valence-electron chi connectivity index (χ4n) is 7.16. The highest BCUT2D eigenvalue weighted by molar-refractivity contribution is 5.83. The SMILES string of the molecule is O=C(COC(=O)C12C[C@@H]3C[C@@H](CC(O)(C3)C1)C2)N1CCC(Cc2ccccc2)CC1. The molecule has 1 heterocycles. The number of carbonyl (C=O) groups is 2. The maximum Gasteiger partial charge on any atom is 0.312 e. The van der Waals surface area contributed by atoms with Crippen LogP contribution in [0, 0.1) is 23.2 Å². The Hall–Kier alpha value is -1.88. The van der Waals surface area contributed by atoms with Crippen LogP contribution in [-0.2, 0) is 20.7 Å². The van der Waals surface area contributed by atoms with Crippen molar-refractivity contribution in [1.29, 1.82) is 0 Å². The minimum atomic E-state index is -0.687. The zero-order chi connectivity index (χ0) is 20.8. The number of piperidine rings is 1. The molecule has 0 aromatic heterocycles. The Balaban J connectivity index is 1.11. The van der Waals surface area contributed by atoms with Crippen molar-refractivity contribution in [2.45, 2.75) is 63.4 Å². The van der Waals surface area contributed by atoms with Gasteiger partial charge in [-0.25, -0.2) is 0 Å². The van der Waals surface area contributed by atoms with Crippen molar-refractivity contribution >= 4 is 11.9 Å². The molecule has 1 saturated heterocycles. The van der Waals surface area contributed by atoms with E-state index >= 15 is 0 Å². The first kappa shape index (κ1) is 20.0. The van der Waals surface area contributed by atoms with Gasteiger partial charge in [0, 0.05) is 13.1 Å². The van der Waals surface area contributed by atoms with Crippen molar-refractivity contribution in [3.63, 3.8) is 0 Å². The first-order chi connectivity index (χ1) is 14.4. The van der Waals surface area contributed by atoms with E-state index in [1.54, 1.807) is 0 Å². The molecule has 5 heteroatoms. The van der Waals surface area contributed by atoms with Crippen molar-refractivity contribution in [3.8, 4) is 0 Å².